The lowest BCUT2D eigenvalue weighted by Gasteiger charge is -2.71. The van der Waals surface area contributed by atoms with E-state index in [1.54, 1.807) is 25.1 Å². The van der Waals surface area contributed by atoms with Crippen LogP contribution in [0.5, 0.6) is 0 Å². The summed E-state index contributed by atoms with van der Waals surface area (Å²) in [6.45, 7) is 15.4. The Morgan fingerprint density at radius 2 is 1.72 bits per heavy atom. The van der Waals surface area contributed by atoms with Gasteiger partial charge < -0.3 is 20.1 Å². The number of nitrogens with zero attached hydrogens (tertiary/aromatic N) is 2. The Kier molecular flexibility index (Phi) is 7.23. The molecule has 0 aromatic carbocycles. The number of allylic oxidation sites excluding steroid dienone is 3. The summed E-state index contributed by atoms with van der Waals surface area (Å²) >= 11 is 0. The number of nitrogens with one attached hydrogen (secondary N) is 1. The smallest absolute Gasteiger partial charge is 0.317 e. The second-order valence-corrected chi connectivity index (χ2v) is 16.3. The van der Waals surface area contributed by atoms with Gasteiger partial charge in [0, 0.05) is 48.4 Å². The summed E-state index contributed by atoms with van der Waals surface area (Å²) in [6.07, 6.45) is 8.72. The number of likely N-dealkylation sites (N-methyl/N-ethyl adjacent to an activating group) is 1. The largest absolute Gasteiger partial charge is 0.383 e. The highest BCUT2D eigenvalue weighted by atomic mass is 16.5. The normalized spacial score (nSPS) is 44.9. The van der Waals surface area contributed by atoms with Crippen molar-refractivity contribution in [1.82, 2.24) is 10.2 Å². The van der Waals surface area contributed by atoms with Crippen molar-refractivity contribution in [1.29, 1.82) is 5.26 Å². The van der Waals surface area contributed by atoms with E-state index in [1.165, 1.54) is 0 Å². The van der Waals surface area contributed by atoms with Crippen LogP contribution in [0.4, 0.5) is 4.79 Å². The van der Waals surface area contributed by atoms with Crippen LogP contribution in [0.2, 0.25) is 0 Å². The average Bonchev–Trinajstić information content (AvgIpc) is 2.94. The van der Waals surface area contributed by atoms with Crippen LogP contribution in [-0.4, -0.2) is 66.1 Å². The fraction of sp³-hybridized carbons (Fsp3) is 0.771. The number of hydrogen-bond acceptors (Lipinski definition) is 6. The zero-order valence-electron chi connectivity index (χ0n) is 27.6. The van der Waals surface area contributed by atoms with Gasteiger partial charge in [0.1, 0.15) is 11.7 Å². The molecule has 0 aromatic rings. The number of methoxy groups -OCH3 is 1. The molecule has 0 unspecified atom stereocenters. The Balaban J connectivity index is 1.59. The molecule has 0 heterocycles. The molecule has 8 heteroatoms. The minimum Gasteiger partial charge on any atom is -0.383 e. The molecule has 8 atom stereocenters. The quantitative estimate of drug-likeness (QED) is 0.453. The van der Waals surface area contributed by atoms with E-state index < -0.39 is 32.8 Å². The maximum absolute atomic E-state index is 14.6. The van der Waals surface area contributed by atoms with E-state index in [4.69, 9.17) is 4.74 Å². The zero-order valence-corrected chi connectivity index (χ0v) is 27.6. The third-order valence-corrected chi connectivity index (χ3v) is 13.6. The van der Waals surface area contributed by atoms with Crippen molar-refractivity contribution in [2.45, 2.75) is 105 Å². The van der Waals surface area contributed by atoms with E-state index in [1.807, 2.05) is 26.8 Å². The van der Waals surface area contributed by atoms with Crippen molar-refractivity contribution in [3.05, 3.63) is 23.3 Å². The molecule has 8 nitrogen and oxygen atoms in total. The first-order valence-electron chi connectivity index (χ1n) is 16.0. The standard InChI is InChI=1S/C35H51N3O5/c1-29(2)23-10-11-33(6)24(32(23,5)19-22(21-36)27(29)40)18-26(39)35(42)25-20-31(4,37-28(41)38(8)16-17-43-9)14-12-30(25,3)13-15-34(33,35)7/h18-19,23,25,42H,10-17,20H2,1-9H3,(H,37,41)/t23-,25+,30+,31-,32-,33+,34-,35+/m0/s1. The SMILES string of the molecule is COCCN(C)C(=O)N[C@@]1(C)CC[C@]2(C)CC[C@@]3(C)[C@]4(C)CC[C@H]5C(C)(C)C(=O)C(C#N)=C[C@]5(C)C4=CC(=O)[C@]3(O)[C@@H]2C1. The number of urea groups is 1. The number of hydrogen-bond donors (Lipinski definition) is 2. The topological polar surface area (TPSA) is 120 Å². The van der Waals surface area contributed by atoms with E-state index in [0.29, 0.717) is 26.0 Å². The molecule has 0 bridgehead atoms. The summed E-state index contributed by atoms with van der Waals surface area (Å²) in [5.74, 6) is -0.793. The molecule has 2 amide bonds. The summed E-state index contributed by atoms with van der Waals surface area (Å²) in [5.41, 5.74) is -3.99. The Morgan fingerprint density at radius 3 is 2.35 bits per heavy atom. The van der Waals surface area contributed by atoms with Gasteiger partial charge in [-0.3, -0.25) is 9.59 Å². The van der Waals surface area contributed by atoms with Gasteiger partial charge in [-0.2, -0.15) is 5.26 Å². The first-order valence-corrected chi connectivity index (χ1v) is 16.0. The van der Waals surface area contributed by atoms with Crippen LogP contribution in [0, 0.1) is 50.2 Å². The highest BCUT2D eigenvalue weighted by molar-refractivity contribution is 6.05. The summed E-state index contributed by atoms with van der Waals surface area (Å²) < 4.78 is 5.15. The second kappa shape index (κ2) is 9.75. The number of carbonyl (C=O) groups is 3. The van der Waals surface area contributed by atoms with Crippen LogP contribution < -0.4 is 5.32 Å². The predicted molar refractivity (Wildman–Crippen MR) is 164 cm³/mol. The van der Waals surface area contributed by atoms with Crippen molar-refractivity contribution in [3.63, 3.8) is 0 Å². The van der Waals surface area contributed by atoms with E-state index in [-0.39, 0.29) is 40.4 Å². The van der Waals surface area contributed by atoms with Crippen molar-refractivity contribution >= 4 is 17.6 Å². The third kappa shape index (κ3) is 4.09. The first kappa shape index (κ1) is 31.9. The van der Waals surface area contributed by atoms with Crippen LogP contribution in [0.15, 0.2) is 23.3 Å². The lowest BCUT2D eigenvalue weighted by Crippen LogP contribution is -2.74. The van der Waals surface area contributed by atoms with Gasteiger partial charge in [-0.05, 0) is 80.3 Å². The van der Waals surface area contributed by atoms with Crippen LogP contribution >= 0.6 is 0 Å². The highest BCUT2D eigenvalue weighted by Gasteiger charge is 2.75. The van der Waals surface area contributed by atoms with Crippen LogP contribution in [0.25, 0.3) is 0 Å². The maximum atomic E-state index is 14.6. The summed E-state index contributed by atoms with van der Waals surface area (Å²) in [7, 11) is 3.36. The monoisotopic (exact) mass is 593 g/mol. The number of amides is 2. The molecule has 0 aromatic heterocycles. The molecule has 3 fully saturated rings. The third-order valence-electron chi connectivity index (χ3n) is 13.6. The molecule has 0 aliphatic heterocycles. The molecule has 5 rings (SSSR count). The molecular formula is C35H51N3O5. The Morgan fingerprint density at radius 1 is 1.07 bits per heavy atom. The number of carbonyl (C=O) groups excluding carboxylic acids is 3. The molecule has 43 heavy (non-hydrogen) atoms. The van der Waals surface area contributed by atoms with Crippen LogP contribution in [0.1, 0.15) is 93.4 Å². The van der Waals surface area contributed by atoms with Crippen molar-refractivity contribution in [2.75, 3.05) is 27.3 Å². The van der Waals surface area contributed by atoms with Gasteiger partial charge in [-0.15, -0.1) is 0 Å². The van der Waals surface area contributed by atoms with Gasteiger partial charge >= 0.3 is 6.03 Å². The van der Waals surface area contributed by atoms with Crippen molar-refractivity contribution < 1.29 is 24.2 Å². The van der Waals surface area contributed by atoms with E-state index in [9.17, 15) is 24.8 Å². The summed E-state index contributed by atoms with van der Waals surface area (Å²) in [6, 6.07) is 1.97. The van der Waals surface area contributed by atoms with E-state index >= 15 is 0 Å². The van der Waals surface area contributed by atoms with Gasteiger partial charge in [0.2, 0.25) is 0 Å². The fourth-order valence-corrected chi connectivity index (χ4v) is 10.6. The van der Waals surface area contributed by atoms with Crippen LogP contribution in [-0.2, 0) is 14.3 Å². The fourth-order valence-electron chi connectivity index (χ4n) is 10.6. The van der Waals surface area contributed by atoms with Gasteiger partial charge in [-0.1, -0.05) is 47.6 Å². The predicted octanol–water partition coefficient (Wildman–Crippen LogP) is 5.36. The first-order chi connectivity index (χ1) is 19.8. The number of rotatable bonds is 4. The van der Waals surface area contributed by atoms with Gasteiger partial charge in [0.15, 0.2) is 11.6 Å². The molecule has 0 saturated heterocycles. The minimum atomic E-state index is -1.61. The van der Waals surface area contributed by atoms with Gasteiger partial charge in [-0.25, -0.2) is 4.79 Å². The molecule has 236 valence electrons. The highest BCUT2D eigenvalue weighted by Crippen LogP contribution is 2.75. The number of Topliss-reactive ketones (excluding diaryl/α,β-unsaturated/α-hetero) is 1. The molecule has 0 radical (unpaired) electrons. The average molecular weight is 594 g/mol. The van der Waals surface area contributed by atoms with Gasteiger partial charge in [0.05, 0.1) is 12.2 Å². The number of ether oxygens (including phenoxy) is 1. The molecule has 5 aliphatic carbocycles. The number of nitriles is 1. The lowest BCUT2D eigenvalue weighted by molar-refractivity contribution is -0.240. The minimum absolute atomic E-state index is 0.0522. The number of ketones is 2. The maximum Gasteiger partial charge on any atom is 0.317 e. The van der Waals surface area contributed by atoms with Crippen molar-refractivity contribution in [2.24, 2.45) is 38.9 Å². The summed E-state index contributed by atoms with van der Waals surface area (Å²) in [5, 5.41) is 26.2. The Hall–Kier alpha value is -2.50. The molecular weight excluding hydrogens is 542 g/mol. The second-order valence-electron chi connectivity index (χ2n) is 16.3. The van der Waals surface area contributed by atoms with Gasteiger partial charge in [0.25, 0.3) is 0 Å². The molecule has 3 saturated carbocycles. The molecule has 2 N–H and O–H groups in total. The Labute approximate surface area is 257 Å². The molecule has 5 aliphatic rings. The zero-order chi connectivity index (χ0) is 32.0. The van der Waals surface area contributed by atoms with E-state index in [2.05, 4.69) is 39.1 Å². The number of aliphatic hydroxyl groups is 1. The Bertz CT molecular complexity index is 1360. The van der Waals surface area contributed by atoms with E-state index in [0.717, 1.165) is 37.7 Å². The lowest BCUT2D eigenvalue weighted by atomic mass is 9.33. The van der Waals surface area contributed by atoms with Crippen LogP contribution in [0.3, 0.4) is 0 Å². The molecule has 0 spiro atoms. The van der Waals surface area contributed by atoms with Crippen molar-refractivity contribution in [3.8, 4) is 6.07 Å². The summed E-state index contributed by atoms with van der Waals surface area (Å²) in [4.78, 5) is 42.7. The number of fused-ring (bicyclic) bond motifs is 7.